The van der Waals surface area contributed by atoms with Gasteiger partial charge in [0.25, 0.3) is 0 Å². The van der Waals surface area contributed by atoms with Crippen LogP contribution >= 0.6 is 0 Å². The summed E-state index contributed by atoms with van der Waals surface area (Å²) in [7, 11) is 3.42. The zero-order chi connectivity index (χ0) is 23.9. The number of methoxy groups -OCH3 is 1. The zero-order valence-electron chi connectivity index (χ0n) is 19.0. The second-order valence-corrected chi connectivity index (χ2v) is 7.66. The van der Waals surface area contributed by atoms with Gasteiger partial charge < -0.3 is 14.6 Å². The standard InChI is InChI=1S/C24H26N6O4/c1-29-16-19(13-27-29)30-8-6-22(32)23(28-30)21(7-9-31)17-4-3-5-18(12-17)24-25-14-20(15-26-24)34-11-10-33-2/h3-6,8,12-16,21,31H,7,9-11H2,1-2H3/t21-/m1/s1. The molecule has 3 heterocycles. The van der Waals surface area contributed by atoms with Gasteiger partial charge in [0.15, 0.2) is 11.6 Å². The van der Waals surface area contributed by atoms with E-state index in [4.69, 9.17) is 9.47 Å². The molecule has 1 N–H and O–H groups in total. The summed E-state index contributed by atoms with van der Waals surface area (Å²) in [5.41, 5.74) is 2.51. The third-order valence-corrected chi connectivity index (χ3v) is 5.27. The third-order valence-electron chi connectivity index (χ3n) is 5.27. The van der Waals surface area contributed by atoms with Crippen LogP contribution in [0, 0.1) is 0 Å². The van der Waals surface area contributed by atoms with Crippen molar-refractivity contribution in [3.63, 3.8) is 0 Å². The zero-order valence-corrected chi connectivity index (χ0v) is 19.0. The molecule has 0 amide bonds. The second kappa shape index (κ2) is 10.8. The molecule has 3 aromatic heterocycles. The van der Waals surface area contributed by atoms with E-state index in [1.807, 2.05) is 37.5 Å². The van der Waals surface area contributed by atoms with Crippen molar-refractivity contribution in [1.29, 1.82) is 0 Å². The van der Waals surface area contributed by atoms with Crippen LogP contribution in [0.15, 0.2) is 66.1 Å². The van der Waals surface area contributed by atoms with Crippen LogP contribution in [0.5, 0.6) is 5.75 Å². The molecule has 10 nitrogen and oxygen atoms in total. The lowest BCUT2D eigenvalue weighted by atomic mass is 9.91. The Hall–Kier alpha value is -3.89. The van der Waals surface area contributed by atoms with Gasteiger partial charge in [-0.05, 0) is 18.1 Å². The van der Waals surface area contributed by atoms with Gasteiger partial charge in [0.05, 0.1) is 31.4 Å². The predicted octanol–water partition coefficient (Wildman–Crippen LogP) is 1.96. The molecule has 0 aliphatic heterocycles. The molecule has 0 aliphatic carbocycles. The first-order chi connectivity index (χ1) is 16.6. The van der Waals surface area contributed by atoms with Crippen LogP contribution in [-0.4, -0.2) is 61.6 Å². The Kier molecular flexibility index (Phi) is 7.41. The van der Waals surface area contributed by atoms with E-state index in [-0.39, 0.29) is 12.0 Å². The summed E-state index contributed by atoms with van der Waals surface area (Å²) in [6.07, 6.45) is 8.66. The molecule has 0 radical (unpaired) electrons. The largest absolute Gasteiger partial charge is 0.488 e. The molecule has 176 valence electrons. The number of nitrogens with zero attached hydrogens (tertiary/aromatic N) is 6. The van der Waals surface area contributed by atoms with E-state index >= 15 is 0 Å². The van der Waals surface area contributed by atoms with Crippen molar-refractivity contribution in [2.75, 3.05) is 26.9 Å². The molecule has 0 saturated carbocycles. The molecule has 4 rings (SSSR count). The highest BCUT2D eigenvalue weighted by Crippen LogP contribution is 2.28. The molecule has 0 fully saturated rings. The Morgan fingerprint density at radius 3 is 2.65 bits per heavy atom. The summed E-state index contributed by atoms with van der Waals surface area (Å²) < 4.78 is 13.8. The SMILES string of the molecule is COCCOc1cnc(-c2cccc([C@@H](CCO)c3nn(-c4cnn(C)c4)ccc3=O)c2)nc1. The molecule has 0 bridgehead atoms. The van der Waals surface area contributed by atoms with Crippen LogP contribution in [0.25, 0.3) is 17.1 Å². The maximum atomic E-state index is 12.8. The fraction of sp³-hybridized carbons (Fsp3) is 0.292. The summed E-state index contributed by atoms with van der Waals surface area (Å²) in [6.45, 7) is 0.798. The normalized spacial score (nSPS) is 12.0. The van der Waals surface area contributed by atoms with Crippen molar-refractivity contribution in [3.8, 4) is 22.8 Å². The molecule has 0 saturated heterocycles. The average Bonchev–Trinajstić information content (AvgIpc) is 3.30. The number of hydrogen-bond donors (Lipinski definition) is 1. The fourth-order valence-corrected chi connectivity index (χ4v) is 3.60. The van der Waals surface area contributed by atoms with Crippen molar-refractivity contribution in [3.05, 3.63) is 82.8 Å². The topological polar surface area (TPSA) is 117 Å². The lowest BCUT2D eigenvalue weighted by Crippen LogP contribution is -2.21. The Labute approximate surface area is 196 Å². The number of benzene rings is 1. The van der Waals surface area contributed by atoms with Crippen molar-refractivity contribution in [2.24, 2.45) is 7.05 Å². The van der Waals surface area contributed by atoms with Gasteiger partial charge in [0.1, 0.15) is 18.0 Å². The van der Waals surface area contributed by atoms with E-state index in [1.165, 1.54) is 6.07 Å². The summed E-state index contributed by atoms with van der Waals surface area (Å²) in [5, 5.41) is 18.5. The van der Waals surface area contributed by atoms with Crippen molar-refractivity contribution in [1.82, 2.24) is 29.5 Å². The van der Waals surface area contributed by atoms with Crippen LogP contribution in [-0.2, 0) is 11.8 Å². The maximum Gasteiger partial charge on any atom is 0.203 e. The Bertz CT molecular complexity index is 1290. The first-order valence-electron chi connectivity index (χ1n) is 10.8. The van der Waals surface area contributed by atoms with Crippen molar-refractivity contribution >= 4 is 0 Å². The average molecular weight is 463 g/mol. The summed E-state index contributed by atoms with van der Waals surface area (Å²) in [4.78, 5) is 21.6. The van der Waals surface area contributed by atoms with E-state index in [9.17, 15) is 9.90 Å². The van der Waals surface area contributed by atoms with Crippen molar-refractivity contribution < 1.29 is 14.6 Å². The van der Waals surface area contributed by atoms with E-state index in [1.54, 1.807) is 41.3 Å². The molecule has 34 heavy (non-hydrogen) atoms. The van der Waals surface area contributed by atoms with Gasteiger partial charge in [-0.2, -0.15) is 10.2 Å². The number of aliphatic hydroxyl groups excluding tert-OH is 1. The highest BCUT2D eigenvalue weighted by molar-refractivity contribution is 5.57. The number of aryl methyl sites for hydroxylation is 1. The van der Waals surface area contributed by atoms with Crippen LogP contribution in [0.2, 0.25) is 0 Å². The highest BCUT2D eigenvalue weighted by Gasteiger charge is 2.20. The van der Waals surface area contributed by atoms with Gasteiger partial charge in [-0.3, -0.25) is 9.48 Å². The van der Waals surface area contributed by atoms with E-state index < -0.39 is 5.92 Å². The van der Waals surface area contributed by atoms with Crippen molar-refractivity contribution in [2.45, 2.75) is 12.3 Å². The summed E-state index contributed by atoms with van der Waals surface area (Å²) in [6, 6.07) is 9.09. The fourth-order valence-electron chi connectivity index (χ4n) is 3.60. The molecule has 4 aromatic rings. The van der Waals surface area contributed by atoms with Gasteiger partial charge >= 0.3 is 0 Å². The van der Waals surface area contributed by atoms with Gasteiger partial charge in [0, 0.05) is 44.5 Å². The minimum Gasteiger partial charge on any atom is -0.488 e. The van der Waals surface area contributed by atoms with Gasteiger partial charge in [0.2, 0.25) is 5.43 Å². The Balaban J connectivity index is 1.65. The minimum atomic E-state index is -0.404. The van der Waals surface area contributed by atoms with E-state index in [0.717, 1.165) is 16.8 Å². The van der Waals surface area contributed by atoms with Crippen LogP contribution < -0.4 is 10.2 Å². The quantitative estimate of drug-likeness (QED) is 0.356. The van der Waals surface area contributed by atoms with Gasteiger partial charge in [-0.15, -0.1) is 0 Å². The smallest absolute Gasteiger partial charge is 0.203 e. The predicted molar refractivity (Wildman–Crippen MR) is 125 cm³/mol. The van der Waals surface area contributed by atoms with Gasteiger partial charge in [-0.25, -0.2) is 14.6 Å². The summed E-state index contributed by atoms with van der Waals surface area (Å²) in [5.74, 6) is 0.676. The first-order valence-corrected chi connectivity index (χ1v) is 10.8. The summed E-state index contributed by atoms with van der Waals surface area (Å²) >= 11 is 0. The second-order valence-electron chi connectivity index (χ2n) is 7.66. The lowest BCUT2D eigenvalue weighted by molar-refractivity contribution is 0.146. The Morgan fingerprint density at radius 2 is 1.94 bits per heavy atom. The number of ether oxygens (including phenoxy) is 2. The maximum absolute atomic E-state index is 12.8. The number of rotatable bonds is 10. The minimum absolute atomic E-state index is 0.0954. The first kappa shape index (κ1) is 23.3. The molecule has 0 unspecified atom stereocenters. The molecular weight excluding hydrogens is 436 g/mol. The van der Waals surface area contributed by atoms with Crippen LogP contribution in [0.1, 0.15) is 23.6 Å². The van der Waals surface area contributed by atoms with E-state index in [0.29, 0.717) is 36.9 Å². The van der Waals surface area contributed by atoms with E-state index in [2.05, 4.69) is 20.2 Å². The molecule has 0 aliphatic rings. The number of aromatic nitrogens is 6. The molecule has 0 spiro atoms. The number of hydrogen-bond acceptors (Lipinski definition) is 8. The van der Waals surface area contributed by atoms with Gasteiger partial charge in [-0.1, -0.05) is 18.2 Å². The highest BCUT2D eigenvalue weighted by atomic mass is 16.5. The monoisotopic (exact) mass is 462 g/mol. The lowest BCUT2D eigenvalue weighted by Gasteiger charge is -2.17. The molecular formula is C24H26N6O4. The van der Waals surface area contributed by atoms with Crippen LogP contribution in [0.3, 0.4) is 0 Å². The molecule has 1 atom stereocenters. The molecule has 10 heteroatoms. The number of aliphatic hydroxyl groups is 1. The molecule has 1 aromatic carbocycles. The third kappa shape index (κ3) is 5.36. The Morgan fingerprint density at radius 1 is 1.12 bits per heavy atom. The van der Waals surface area contributed by atoms with Crippen LogP contribution in [0.4, 0.5) is 0 Å².